The van der Waals surface area contributed by atoms with Gasteiger partial charge in [0.05, 0.1) is 22.1 Å². The zero-order valence-electron chi connectivity index (χ0n) is 42.3. The third-order valence-electron chi connectivity index (χ3n) is 13.9. The molecule has 4 aliphatic rings. The highest BCUT2D eigenvalue weighted by Crippen LogP contribution is 2.38. The number of piperazine rings is 2. The fourth-order valence-corrected chi connectivity index (χ4v) is 12.8. The molecule has 2 fully saturated rings. The topological polar surface area (TPSA) is 211 Å². The van der Waals surface area contributed by atoms with E-state index in [1.807, 2.05) is 37.8 Å². The van der Waals surface area contributed by atoms with E-state index in [9.17, 15) is 31.2 Å². The minimum absolute atomic E-state index is 0. The van der Waals surface area contributed by atoms with Crippen molar-refractivity contribution in [2.24, 2.45) is 0 Å². The van der Waals surface area contributed by atoms with E-state index in [1.165, 1.54) is 70.6 Å². The Balaban J connectivity index is 0.000000244. The van der Waals surface area contributed by atoms with Crippen molar-refractivity contribution in [1.29, 1.82) is 0 Å². The number of anilines is 6. The third-order valence-corrected chi connectivity index (χ3v) is 17.4. The first-order valence-corrected chi connectivity index (χ1v) is 28.9. The Labute approximate surface area is 446 Å². The van der Waals surface area contributed by atoms with Crippen LogP contribution in [0.4, 0.5) is 33.7 Å². The van der Waals surface area contributed by atoms with Crippen molar-refractivity contribution in [1.82, 2.24) is 24.8 Å². The normalized spacial score (nSPS) is 16.6. The van der Waals surface area contributed by atoms with Crippen molar-refractivity contribution in [3.8, 4) is 5.75 Å². The lowest BCUT2D eigenvalue weighted by Crippen LogP contribution is -2.57. The number of thiazole rings is 1. The van der Waals surface area contributed by atoms with Gasteiger partial charge in [-0.05, 0) is 125 Å². The highest BCUT2D eigenvalue weighted by atomic mass is 32.2. The highest BCUT2D eigenvalue weighted by molar-refractivity contribution is 7.93. The van der Waals surface area contributed by atoms with Crippen LogP contribution in [0.3, 0.4) is 0 Å². The molecule has 19 nitrogen and oxygen atoms in total. The van der Waals surface area contributed by atoms with Gasteiger partial charge in [-0.3, -0.25) is 23.8 Å². The summed E-state index contributed by atoms with van der Waals surface area (Å²) in [4.78, 5) is 63.5. The largest absolute Gasteiger partial charge is 0.492 e. The maximum absolute atomic E-state index is 13.5. The van der Waals surface area contributed by atoms with Crippen LogP contribution in [-0.4, -0.2) is 137 Å². The van der Waals surface area contributed by atoms with Gasteiger partial charge in [-0.2, -0.15) is 0 Å². The van der Waals surface area contributed by atoms with Crippen LogP contribution in [0.2, 0.25) is 0 Å². The number of nitrogens with one attached hydrogen (secondary N) is 2. The van der Waals surface area contributed by atoms with Crippen LogP contribution in [0.15, 0.2) is 125 Å². The molecule has 3 amide bonds. The van der Waals surface area contributed by atoms with Crippen LogP contribution in [0.1, 0.15) is 48.2 Å². The number of sulfonamides is 2. The van der Waals surface area contributed by atoms with E-state index in [0.717, 1.165) is 49.5 Å². The molecule has 10 rings (SSSR count). The van der Waals surface area contributed by atoms with Crippen LogP contribution in [0.5, 0.6) is 5.75 Å². The van der Waals surface area contributed by atoms with Crippen LogP contribution in [-0.2, 0) is 47.3 Å². The number of para-hydroxylation sites is 1. The first kappa shape index (κ1) is 52.6. The Morgan fingerprint density at radius 1 is 0.720 bits per heavy atom. The minimum Gasteiger partial charge on any atom is -0.492 e. The standard InChI is InChI=1S/C27H31N5O5S2.C26H30N6O3S.3H2/c1-3-37-23-8-4-6-20-7-5-14-31(25(20)23)19(2)26(34)30-15-16-32(24(33)18-30)21-9-11-22(12-10-21)39(35,36)29-27-28-13-17-38-27;1-19-3-8-24-21(17-19)10-12-32(24)20(2)26(33)31-15-13-30(14-16-31)22-4-6-23(7-5-22)36(34,35)29-25-9-11-27-18-28-25;;;/h4,6,8-13,17,19H,3,5,7,14-16,18H2,1-2H3,(H,28,29);3-9,11,17-18,20H,10,12-16H2,1-2H3,(H,27,28,29);3*1H/t19-;;;;/m0..../s1. The van der Waals surface area contributed by atoms with Gasteiger partial charge in [0.15, 0.2) is 5.13 Å². The molecule has 6 heterocycles. The van der Waals surface area contributed by atoms with E-state index >= 15 is 0 Å². The molecule has 75 heavy (non-hydrogen) atoms. The number of amides is 3. The first-order valence-electron chi connectivity index (χ1n) is 25.0. The van der Waals surface area contributed by atoms with Crippen molar-refractivity contribution in [2.45, 2.75) is 68.8 Å². The fraction of sp³-hybridized carbons (Fsp3) is 0.358. The summed E-state index contributed by atoms with van der Waals surface area (Å²) in [7, 11) is -7.52. The van der Waals surface area contributed by atoms with Gasteiger partial charge in [-0.15, -0.1) is 11.3 Å². The van der Waals surface area contributed by atoms with Gasteiger partial charge in [-0.25, -0.2) is 31.8 Å². The second-order valence-electron chi connectivity index (χ2n) is 18.7. The molecule has 0 aliphatic carbocycles. The highest BCUT2D eigenvalue weighted by Gasteiger charge is 2.36. The summed E-state index contributed by atoms with van der Waals surface area (Å²) in [6, 6.07) is 26.2. The van der Waals surface area contributed by atoms with Gasteiger partial charge in [-0.1, -0.05) is 29.8 Å². The van der Waals surface area contributed by atoms with Crippen molar-refractivity contribution in [2.75, 3.05) is 94.6 Å². The van der Waals surface area contributed by atoms with E-state index in [2.05, 4.69) is 70.3 Å². The number of carbonyl (C=O) groups is 3. The summed E-state index contributed by atoms with van der Waals surface area (Å²) in [5, 5.41) is 1.97. The molecule has 1 unspecified atom stereocenters. The Hall–Kier alpha value is -7.30. The fourth-order valence-electron chi connectivity index (χ4n) is 10.0. The lowest BCUT2D eigenvalue weighted by molar-refractivity contribution is -0.137. The Kier molecular flexibility index (Phi) is 15.9. The van der Waals surface area contributed by atoms with E-state index < -0.39 is 26.1 Å². The molecule has 6 aromatic rings. The van der Waals surface area contributed by atoms with Crippen LogP contribution in [0.25, 0.3) is 0 Å². The van der Waals surface area contributed by atoms with Crippen molar-refractivity contribution in [3.05, 3.63) is 132 Å². The summed E-state index contributed by atoms with van der Waals surface area (Å²) in [5.41, 5.74) is 7.38. The molecule has 4 aromatic carbocycles. The number of benzene rings is 4. The number of carbonyl (C=O) groups excluding carboxylic acids is 3. The van der Waals surface area contributed by atoms with E-state index in [1.54, 1.807) is 51.6 Å². The van der Waals surface area contributed by atoms with Crippen molar-refractivity contribution < 1.29 is 40.2 Å². The molecule has 22 heteroatoms. The smallest absolute Gasteiger partial charge is 0.263 e. The van der Waals surface area contributed by atoms with Gasteiger partial charge >= 0.3 is 0 Å². The number of rotatable bonds is 14. The Morgan fingerprint density at radius 2 is 1.40 bits per heavy atom. The lowest BCUT2D eigenvalue weighted by atomic mass is 9.99. The SMILES string of the molecule is CCOc1cccc2c1N([C@@H](C)C(=O)N1CCN(c3ccc(S(=O)(=O)Nc4nccs4)cc3)C(=O)C1)CCC2.Cc1ccc2c(c1)CCN2C(C)C(=O)N1CCN(c2ccc(S(=O)(=O)Nc3ccncn3)cc2)CC1.[HH].[HH].[HH]. The van der Waals surface area contributed by atoms with Gasteiger partial charge in [0.1, 0.15) is 36.5 Å². The maximum atomic E-state index is 13.5. The molecule has 2 aromatic heterocycles. The molecule has 400 valence electrons. The van der Waals surface area contributed by atoms with Gasteiger partial charge in [0.25, 0.3) is 20.0 Å². The number of nitrogens with zero attached hydrogens (tertiary/aromatic N) is 9. The first-order chi connectivity index (χ1) is 36.1. The summed E-state index contributed by atoms with van der Waals surface area (Å²) in [6.45, 7) is 13.4. The molecule has 0 spiro atoms. The molecule has 0 saturated carbocycles. The number of ether oxygens (including phenoxy) is 1. The van der Waals surface area contributed by atoms with Crippen molar-refractivity contribution in [3.63, 3.8) is 0 Å². The number of fused-ring (bicyclic) bond motifs is 2. The van der Waals surface area contributed by atoms with Crippen LogP contribution < -0.4 is 33.8 Å². The van der Waals surface area contributed by atoms with E-state index in [4.69, 9.17) is 4.74 Å². The van der Waals surface area contributed by atoms with Crippen molar-refractivity contribution >= 4 is 82.8 Å². The third kappa shape index (κ3) is 11.8. The van der Waals surface area contributed by atoms with Gasteiger partial charge < -0.3 is 34.1 Å². The molecule has 0 radical (unpaired) electrons. The monoisotopic (exact) mass is 1080 g/mol. The van der Waals surface area contributed by atoms with Crippen LogP contribution in [0, 0.1) is 6.92 Å². The Bertz CT molecular complexity index is 3230. The number of hydrogen-bond acceptors (Lipinski definition) is 15. The number of hydrogen-bond donors (Lipinski definition) is 2. The second-order valence-corrected chi connectivity index (χ2v) is 22.9. The predicted octanol–water partition coefficient (Wildman–Crippen LogP) is 6.78. The zero-order chi connectivity index (χ0) is 52.9. The maximum Gasteiger partial charge on any atom is 0.263 e. The summed E-state index contributed by atoms with van der Waals surface area (Å²) < 4.78 is 61.3. The van der Waals surface area contributed by atoms with Crippen LogP contribution >= 0.6 is 11.3 Å². The summed E-state index contributed by atoms with van der Waals surface area (Å²) in [5.74, 6) is 0.837. The molecule has 0 bridgehead atoms. The second kappa shape index (κ2) is 22.7. The summed E-state index contributed by atoms with van der Waals surface area (Å²) in [6.07, 6.45) is 7.14. The molecule has 4 aliphatic heterocycles. The van der Waals surface area contributed by atoms with Gasteiger partial charge in [0, 0.05) is 91.5 Å². The average molecular weight is 1080 g/mol. The van der Waals surface area contributed by atoms with Gasteiger partial charge in [0.2, 0.25) is 17.7 Å². The number of aromatic nitrogens is 3. The molecular formula is C53H67N11O8S3. The summed E-state index contributed by atoms with van der Waals surface area (Å²) >= 11 is 1.19. The Morgan fingerprint density at radius 3 is 2.07 bits per heavy atom. The van der Waals surface area contributed by atoms with E-state index in [-0.39, 0.29) is 55.3 Å². The predicted molar refractivity (Wildman–Crippen MR) is 297 cm³/mol. The van der Waals surface area contributed by atoms with E-state index in [0.29, 0.717) is 51.6 Å². The quantitative estimate of drug-likeness (QED) is 0.115. The lowest BCUT2D eigenvalue weighted by Gasteiger charge is -2.40. The molecule has 2 N–H and O–H groups in total. The number of aryl methyl sites for hydroxylation is 2. The average Bonchev–Trinajstić information content (AvgIpc) is 4.16. The molecule has 2 saturated heterocycles. The molecular weight excluding hydrogens is 1010 g/mol. The molecule has 2 atom stereocenters. The zero-order valence-corrected chi connectivity index (χ0v) is 44.8. The minimum atomic E-state index is -3.78.